The number of carbonyl (C=O) groups excluding carboxylic acids is 2. The summed E-state index contributed by atoms with van der Waals surface area (Å²) < 4.78 is 0. The number of hydrogen-bond donors (Lipinski definition) is 1. The molecule has 2 amide bonds. The molecule has 1 rings (SSSR count). The summed E-state index contributed by atoms with van der Waals surface area (Å²) in [5, 5.41) is 2.80. The Morgan fingerprint density at radius 2 is 2.21 bits per heavy atom. The molecule has 80 valence electrons. The SMILES string of the molecule is CNCC(=O)N1CCCN(C)C(=O)C1. The van der Waals surface area contributed by atoms with E-state index in [1.807, 2.05) is 0 Å². The van der Waals surface area contributed by atoms with Gasteiger partial charge < -0.3 is 15.1 Å². The van der Waals surface area contributed by atoms with Crippen LogP contribution in [0.3, 0.4) is 0 Å². The van der Waals surface area contributed by atoms with Crippen LogP contribution in [0.15, 0.2) is 0 Å². The van der Waals surface area contributed by atoms with E-state index in [-0.39, 0.29) is 18.4 Å². The first-order valence-corrected chi connectivity index (χ1v) is 4.81. The van der Waals surface area contributed by atoms with Gasteiger partial charge in [-0.25, -0.2) is 0 Å². The number of amides is 2. The Morgan fingerprint density at radius 1 is 1.50 bits per heavy atom. The minimum Gasteiger partial charge on any atom is -0.344 e. The molecule has 0 atom stereocenters. The highest BCUT2D eigenvalue weighted by molar-refractivity contribution is 5.85. The zero-order valence-corrected chi connectivity index (χ0v) is 8.75. The summed E-state index contributed by atoms with van der Waals surface area (Å²) in [7, 11) is 3.50. The Balaban J connectivity index is 2.54. The third-order valence-corrected chi connectivity index (χ3v) is 2.35. The quantitative estimate of drug-likeness (QED) is 0.614. The second-order valence-electron chi connectivity index (χ2n) is 3.51. The second-order valence-corrected chi connectivity index (χ2v) is 3.51. The van der Waals surface area contributed by atoms with Gasteiger partial charge in [-0.2, -0.15) is 0 Å². The van der Waals surface area contributed by atoms with E-state index in [4.69, 9.17) is 0 Å². The molecule has 1 aliphatic heterocycles. The number of nitrogens with one attached hydrogen (secondary N) is 1. The van der Waals surface area contributed by atoms with Gasteiger partial charge in [0.15, 0.2) is 0 Å². The number of likely N-dealkylation sites (N-methyl/N-ethyl adjacent to an activating group) is 2. The fourth-order valence-electron chi connectivity index (χ4n) is 1.46. The van der Waals surface area contributed by atoms with Gasteiger partial charge in [0, 0.05) is 20.1 Å². The number of nitrogens with zero attached hydrogens (tertiary/aromatic N) is 2. The highest BCUT2D eigenvalue weighted by Crippen LogP contribution is 2.02. The molecule has 0 spiro atoms. The van der Waals surface area contributed by atoms with E-state index in [0.29, 0.717) is 13.1 Å². The second kappa shape index (κ2) is 4.95. The van der Waals surface area contributed by atoms with Gasteiger partial charge in [-0.1, -0.05) is 0 Å². The minimum atomic E-state index is -0.00356. The Morgan fingerprint density at radius 3 is 2.86 bits per heavy atom. The van der Waals surface area contributed by atoms with E-state index < -0.39 is 0 Å². The van der Waals surface area contributed by atoms with E-state index in [1.54, 1.807) is 23.9 Å². The van der Waals surface area contributed by atoms with Crippen molar-refractivity contribution in [3.05, 3.63) is 0 Å². The van der Waals surface area contributed by atoms with Crippen LogP contribution in [-0.4, -0.2) is 61.9 Å². The first-order chi connectivity index (χ1) is 6.65. The van der Waals surface area contributed by atoms with Crippen molar-refractivity contribution in [2.75, 3.05) is 40.3 Å². The van der Waals surface area contributed by atoms with Crippen LogP contribution < -0.4 is 5.32 Å². The van der Waals surface area contributed by atoms with Crippen LogP contribution in [0.5, 0.6) is 0 Å². The van der Waals surface area contributed by atoms with Crippen molar-refractivity contribution in [3.8, 4) is 0 Å². The summed E-state index contributed by atoms with van der Waals surface area (Å²) >= 11 is 0. The predicted molar refractivity (Wildman–Crippen MR) is 52.8 cm³/mol. The fraction of sp³-hybridized carbons (Fsp3) is 0.778. The molecule has 1 aliphatic rings. The van der Waals surface area contributed by atoms with Crippen LogP contribution in [0.4, 0.5) is 0 Å². The largest absolute Gasteiger partial charge is 0.344 e. The van der Waals surface area contributed by atoms with Crippen molar-refractivity contribution < 1.29 is 9.59 Å². The summed E-state index contributed by atoms with van der Waals surface area (Å²) in [4.78, 5) is 26.2. The molecule has 1 fully saturated rings. The van der Waals surface area contributed by atoms with Crippen LogP contribution in [-0.2, 0) is 9.59 Å². The van der Waals surface area contributed by atoms with Gasteiger partial charge in [0.05, 0.1) is 13.1 Å². The van der Waals surface area contributed by atoms with Crippen molar-refractivity contribution in [1.82, 2.24) is 15.1 Å². The summed E-state index contributed by atoms with van der Waals surface area (Å²) in [5.74, 6) is 0.0168. The van der Waals surface area contributed by atoms with Crippen LogP contribution in [0, 0.1) is 0 Å². The topological polar surface area (TPSA) is 52.7 Å². The molecule has 1 N–H and O–H groups in total. The average molecular weight is 199 g/mol. The Kier molecular flexibility index (Phi) is 3.88. The maximum atomic E-state index is 11.5. The van der Waals surface area contributed by atoms with Crippen molar-refractivity contribution in [2.24, 2.45) is 0 Å². The number of rotatable bonds is 2. The normalized spacial score (nSPS) is 18.3. The van der Waals surface area contributed by atoms with E-state index in [0.717, 1.165) is 13.0 Å². The minimum absolute atomic E-state index is 0.00356. The highest BCUT2D eigenvalue weighted by Gasteiger charge is 2.21. The lowest BCUT2D eigenvalue weighted by molar-refractivity contribution is -0.137. The molecule has 5 nitrogen and oxygen atoms in total. The Bertz CT molecular complexity index is 230. The fourth-order valence-corrected chi connectivity index (χ4v) is 1.46. The van der Waals surface area contributed by atoms with Gasteiger partial charge in [-0.15, -0.1) is 0 Å². The zero-order chi connectivity index (χ0) is 10.6. The first kappa shape index (κ1) is 11.0. The van der Waals surface area contributed by atoms with Gasteiger partial charge >= 0.3 is 0 Å². The highest BCUT2D eigenvalue weighted by atomic mass is 16.2. The summed E-state index contributed by atoms with van der Waals surface area (Å²) in [6, 6.07) is 0. The molecule has 5 heteroatoms. The smallest absolute Gasteiger partial charge is 0.241 e. The summed E-state index contributed by atoms with van der Waals surface area (Å²) in [5.41, 5.74) is 0. The van der Waals surface area contributed by atoms with Gasteiger partial charge in [0.2, 0.25) is 11.8 Å². The molecule has 0 aromatic rings. The maximum Gasteiger partial charge on any atom is 0.241 e. The zero-order valence-electron chi connectivity index (χ0n) is 8.75. The predicted octanol–water partition coefficient (Wildman–Crippen LogP) is -1.10. The molecular formula is C9H17N3O2. The first-order valence-electron chi connectivity index (χ1n) is 4.81. The molecule has 0 radical (unpaired) electrons. The van der Waals surface area contributed by atoms with Crippen LogP contribution in [0.1, 0.15) is 6.42 Å². The molecule has 1 saturated heterocycles. The monoisotopic (exact) mass is 199 g/mol. The Labute approximate surface area is 84.0 Å². The van der Waals surface area contributed by atoms with E-state index >= 15 is 0 Å². The lowest BCUT2D eigenvalue weighted by Crippen LogP contribution is -2.41. The van der Waals surface area contributed by atoms with E-state index in [1.165, 1.54) is 0 Å². The third kappa shape index (κ3) is 2.70. The Hall–Kier alpha value is -1.10. The number of carbonyl (C=O) groups is 2. The molecule has 0 bridgehead atoms. The lowest BCUT2D eigenvalue weighted by Gasteiger charge is -2.19. The molecule has 0 aromatic heterocycles. The van der Waals surface area contributed by atoms with Gasteiger partial charge in [0.1, 0.15) is 0 Å². The third-order valence-electron chi connectivity index (χ3n) is 2.35. The molecule has 14 heavy (non-hydrogen) atoms. The van der Waals surface area contributed by atoms with Crippen molar-refractivity contribution >= 4 is 11.8 Å². The van der Waals surface area contributed by atoms with Crippen molar-refractivity contribution in [1.29, 1.82) is 0 Å². The van der Waals surface area contributed by atoms with Crippen molar-refractivity contribution in [2.45, 2.75) is 6.42 Å². The van der Waals surface area contributed by atoms with Crippen LogP contribution in [0.25, 0.3) is 0 Å². The van der Waals surface area contributed by atoms with Crippen LogP contribution >= 0.6 is 0 Å². The number of hydrogen-bond acceptors (Lipinski definition) is 3. The summed E-state index contributed by atoms with van der Waals surface area (Å²) in [6.45, 7) is 1.94. The van der Waals surface area contributed by atoms with Crippen molar-refractivity contribution in [3.63, 3.8) is 0 Å². The molecule has 0 saturated carbocycles. The van der Waals surface area contributed by atoms with Gasteiger partial charge in [0.25, 0.3) is 0 Å². The molecule has 0 unspecified atom stereocenters. The molecular weight excluding hydrogens is 182 g/mol. The molecule has 0 aliphatic carbocycles. The lowest BCUT2D eigenvalue weighted by atomic mass is 10.4. The van der Waals surface area contributed by atoms with Crippen LogP contribution in [0.2, 0.25) is 0 Å². The molecule has 1 heterocycles. The maximum absolute atomic E-state index is 11.5. The van der Waals surface area contributed by atoms with E-state index in [9.17, 15) is 9.59 Å². The van der Waals surface area contributed by atoms with Gasteiger partial charge in [-0.05, 0) is 13.5 Å². The average Bonchev–Trinajstić information content (AvgIpc) is 2.30. The molecule has 0 aromatic carbocycles. The van der Waals surface area contributed by atoms with E-state index in [2.05, 4.69) is 5.32 Å². The van der Waals surface area contributed by atoms with Gasteiger partial charge in [-0.3, -0.25) is 9.59 Å². The standard InChI is InChI=1S/C9H17N3O2/c1-10-6-8(13)12-5-3-4-11(2)9(14)7-12/h10H,3-7H2,1-2H3. The summed E-state index contributed by atoms with van der Waals surface area (Å²) in [6.07, 6.45) is 0.859.